The molecular formula is C21H23N5S. The molecule has 0 saturated heterocycles. The summed E-state index contributed by atoms with van der Waals surface area (Å²) in [5, 5.41) is 8.93. The largest absolute Gasteiger partial charge is 0.378 e. The molecule has 0 aliphatic heterocycles. The second-order valence-electron chi connectivity index (χ2n) is 6.41. The van der Waals surface area contributed by atoms with Gasteiger partial charge in [0.2, 0.25) is 0 Å². The quantitative estimate of drug-likeness (QED) is 0.556. The van der Waals surface area contributed by atoms with Gasteiger partial charge in [-0.3, -0.25) is 4.90 Å². The smallest absolute Gasteiger partial charge is 0.175 e. The molecule has 2 N–H and O–H groups in total. The Kier molecular flexibility index (Phi) is 5.98. The van der Waals surface area contributed by atoms with Crippen molar-refractivity contribution < 1.29 is 0 Å². The molecule has 2 aromatic carbocycles. The second kappa shape index (κ2) is 8.60. The minimum atomic E-state index is 0.322. The maximum Gasteiger partial charge on any atom is 0.175 e. The van der Waals surface area contributed by atoms with Crippen molar-refractivity contribution in [1.29, 1.82) is 0 Å². The SMILES string of the molecule is CN(C)c1ccc(N=Nc2ccc(N(C(N)=S)C3=CCCC=C3)cc2)cc1. The van der Waals surface area contributed by atoms with Crippen molar-refractivity contribution >= 4 is 40.1 Å². The summed E-state index contributed by atoms with van der Waals surface area (Å²) >= 11 is 5.24. The van der Waals surface area contributed by atoms with Crippen LogP contribution in [0.4, 0.5) is 22.7 Å². The van der Waals surface area contributed by atoms with E-state index in [1.807, 2.05) is 78.5 Å². The molecule has 3 rings (SSSR count). The van der Waals surface area contributed by atoms with Gasteiger partial charge in [-0.25, -0.2) is 0 Å². The lowest BCUT2D eigenvalue weighted by Gasteiger charge is -2.25. The second-order valence-corrected chi connectivity index (χ2v) is 6.83. The Morgan fingerprint density at radius 2 is 1.44 bits per heavy atom. The number of allylic oxidation sites excluding steroid dienone is 3. The molecule has 138 valence electrons. The molecule has 27 heavy (non-hydrogen) atoms. The molecule has 0 aromatic heterocycles. The van der Waals surface area contributed by atoms with Crippen LogP contribution in [0.1, 0.15) is 12.8 Å². The zero-order valence-corrected chi connectivity index (χ0v) is 16.4. The minimum Gasteiger partial charge on any atom is -0.378 e. The molecule has 0 fully saturated rings. The van der Waals surface area contributed by atoms with Crippen LogP contribution in [0.3, 0.4) is 0 Å². The normalized spacial score (nSPS) is 13.5. The first-order chi connectivity index (χ1) is 13.0. The molecule has 0 bridgehead atoms. The monoisotopic (exact) mass is 377 g/mol. The van der Waals surface area contributed by atoms with E-state index in [1.165, 1.54) is 0 Å². The van der Waals surface area contributed by atoms with Crippen LogP contribution in [-0.4, -0.2) is 19.2 Å². The first-order valence-electron chi connectivity index (χ1n) is 8.80. The Hall–Kier alpha value is -2.99. The third kappa shape index (κ3) is 4.80. The van der Waals surface area contributed by atoms with Crippen molar-refractivity contribution in [2.24, 2.45) is 16.0 Å². The molecule has 1 aliphatic rings. The van der Waals surface area contributed by atoms with Crippen molar-refractivity contribution in [3.63, 3.8) is 0 Å². The Bertz CT molecular complexity index is 880. The Labute approximate surface area is 165 Å². The first-order valence-corrected chi connectivity index (χ1v) is 9.21. The fourth-order valence-corrected chi connectivity index (χ4v) is 2.98. The van der Waals surface area contributed by atoms with Gasteiger partial charge in [0, 0.05) is 31.2 Å². The Morgan fingerprint density at radius 1 is 0.889 bits per heavy atom. The highest BCUT2D eigenvalue weighted by molar-refractivity contribution is 7.80. The predicted octanol–water partition coefficient (Wildman–Crippen LogP) is 5.45. The van der Waals surface area contributed by atoms with Crippen LogP contribution in [-0.2, 0) is 0 Å². The summed E-state index contributed by atoms with van der Waals surface area (Å²) < 4.78 is 0. The maximum atomic E-state index is 5.94. The number of hydrogen-bond acceptors (Lipinski definition) is 4. The van der Waals surface area contributed by atoms with E-state index in [2.05, 4.69) is 22.4 Å². The molecule has 0 unspecified atom stereocenters. The highest BCUT2D eigenvalue weighted by Gasteiger charge is 2.14. The molecule has 5 nitrogen and oxygen atoms in total. The lowest BCUT2D eigenvalue weighted by molar-refractivity contribution is 1.00. The number of nitrogens with zero attached hydrogens (tertiary/aromatic N) is 4. The molecule has 1 aliphatic carbocycles. The van der Waals surface area contributed by atoms with Crippen LogP contribution in [0.2, 0.25) is 0 Å². The van der Waals surface area contributed by atoms with Crippen LogP contribution < -0.4 is 15.5 Å². The number of azo groups is 1. The van der Waals surface area contributed by atoms with Crippen molar-refractivity contribution in [1.82, 2.24) is 0 Å². The van der Waals surface area contributed by atoms with E-state index in [0.29, 0.717) is 5.11 Å². The molecule has 0 radical (unpaired) electrons. The number of hydrogen-bond donors (Lipinski definition) is 1. The van der Waals surface area contributed by atoms with Crippen molar-refractivity contribution in [2.45, 2.75) is 12.8 Å². The summed E-state index contributed by atoms with van der Waals surface area (Å²) in [6.07, 6.45) is 8.36. The van der Waals surface area contributed by atoms with E-state index < -0.39 is 0 Å². The number of rotatable bonds is 5. The molecule has 0 atom stereocenters. The summed E-state index contributed by atoms with van der Waals surface area (Å²) in [5.41, 5.74) is 10.6. The maximum absolute atomic E-state index is 5.94. The van der Waals surface area contributed by atoms with Crippen LogP contribution in [0, 0.1) is 0 Å². The van der Waals surface area contributed by atoms with Crippen molar-refractivity contribution in [2.75, 3.05) is 23.9 Å². The van der Waals surface area contributed by atoms with Gasteiger partial charge in [0.1, 0.15) is 0 Å². The van der Waals surface area contributed by atoms with Crippen LogP contribution in [0.25, 0.3) is 0 Å². The number of thiocarbonyl (C=S) groups is 1. The third-order valence-electron chi connectivity index (χ3n) is 4.21. The van der Waals surface area contributed by atoms with Gasteiger partial charge in [0.15, 0.2) is 5.11 Å². The number of benzene rings is 2. The first kappa shape index (κ1) is 18.8. The van der Waals surface area contributed by atoms with E-state index in [-0.39, 0.29) is 0 Å². The van der Waals surface area contributed by atoms with Gasteiger partial charge in [-0.1, -0.05) is 12.2 Å². The Balaban J connectivity index is 1.75. The average Bonchev–Trinajstić information content (AvgIpc) is 2.68. The Morgan fingerprint density at radius 3 is 1.89 bits per heavy atom. The molecule has 0 amide bonds. The molecule has 6 heteroatoms. The number of nitrogens with two attached hydrogens (primary N) is 1. The van der Waals surface area contributed by atoms with E-state index in [4.69, 9.17) is 18.0 Å². The summed E-state index contributed by atoms with van der Waals surface area (Å²) in [6.45, 7) is 0. The van der Waals surface area contributed by atoms with Gasteiger partial charge in [0.25, 0.3) is 0 Å². The summed E-state index contributed by atoms with van der Waals surface area (Å²) in [4.78, 5) is 3.91. The van der Waals surface area contributed by atoms with Crippen molar-refractivity contribution in [3.8, 4) is 0 Å². The topological polar surface area (TPSA) is 57.2 Å². The predicted molar refractivity (Wildman–Crippen MR) is 117 cm³/mol. The summed E-state index contributed by atoms with van der Waals surface area (Å²) in [6, 6.07) is 15.6. The van der Waals surface area contributed by atoms with Gasteiger partial charge in [-0.2, -0.15) is 10.2 Å². The fraction of sp³-hybridized carbons (Fsp3) is 0.190. The minimum absolute atomic E-state index is 0.322. The zero-order chi connectivity index (χ0) is 19.2. The highest BCUT2D eigenvalue weighted by Crippen LogP contribution is 2.27. The standard InChI is InChI=1S/C21H23N5S/c1-25(2)18-12-8-16(9-13-18)23-24-17-10-14-20(15-11-17)26(21(22)27)19-6-4-3-5-7-19/h4,6-15H,3,5H2,1-2H3,(H2,22,27). The summed E-state index contributed by atoms with van der Waals surface area (Å²) in [7, 11) is 4.01. The van der Waals surface area contributed by atoms with E-state index in [0.717, 1.165) is 41.3 Å². The highest BCUT2D eigenvalue weighted by atomic mass is 32.1. The zero-order valence-electron chi connectivity index (χ0n) is 15.5. The van der Waals surface area contributed by atoms with Crippen molar-refractivity contribution in [3.05, 3.63) is 72.5 Å². The molecule has 2 aromatic rings. The van der Waals surface area contributed by atoms with E-state index >= 15 is 0 Å². The van der Waals surface area contributed by atoms with E-state index in [9.17, 15) is 0 Å². The van der Waals surface area contributed by atoms with Crippen LogP contribution >= 0.6 is 12.2 Å². The van der Waals surface area contributed by atoms with Crippen LogP contribution in [0.15, 0.2) is 82.7 Å². The lowest BCUT2D eigenvalue weighted by Crippen LogP contribution is -2.34. The summed E-state index contributed by atoms with van der Waals surface area (Å²) in [5.74, 6) is 0. The third-order valence-corrected chi connectivity index (χ3v) is 4.39. The lowest BCUT2D eigenvalue weighted by atomic mass is 10.1. The molecule has 0 spiro atoms. The molecular weight excluding hydrogens is 354 g/mol. The van der Waals surface area contributed by atoms with Gasteiger partial charge in [-0.15, -0.1) is 0 Å². The van der Waals surface area contributed by atoms with Gasteiger partial charge < -0.3 is 10.6 Å². The van der Waals surface area contributed by atoms with Gasteiger partial charge in [-0.05, 0) is 79.7 Å². The molecule has 0 saturated carbocycles. The van der Waals surface area contributed by atoms with E-state index in [1.54, 1.807) is 0 Å². The van der Waals surface area contributed by atoms with Gasteiger partial charge >= 0.3 is 0 Å². The fourth-order valence-electron chi connectivity index (χ4n) is 2.77. The molecule has 0 heterocycles. The van der Waals surface area contributed by atoms with Gasteiger partial charge in [0.05, 0.1) is 11.4 Å². The average molecular weight is 378 g/mol. The number of anilines is 2. The van der Waals surface area contributed by atoms with Crippen LogP contribution in [0.5, 0.6) is 0 Å².